The van der Waals surface area contributed by atoms with E-state index in [4.69, 9.17) is 14.2 Å². The SMILES string of the molecule is COc1ccc(C2C=COC(c3ccc([N+](=O)[O-])cc3)OC2)cc1. The highest BCUT2D eigenvalue weighted by Gasteiger charge is 2.20. The van der Waals surface area contributed by atoms with Gasteiger partial charge in [0.25, 0.3) is 5.69 Å². The minimum Gasteiger partial charge on any atom is -0.497 e. The van der Waals surface area contributed by atoms with Gasteiger partial charge < -0.3 is 14.2 Å². The van der Waals surface area contributed by atoms with Crippen molar-refractivity contribution in [2.75, 3.05) is 13.7 Å². The van der Waals surface area contributed by atoms with Gasteiger partial charge in [0.2, 0.25) is 6.29 Å². The summed E-state index contributed by atoms with van der Waals surface area (Å²) < 4.78 is 16.6. The van der Waals surface area contributed by atoms with Gasteiger partial charge in [-0.25, -0.2) is 0 Å². The van der Waals surface area contributed by atoms with Crippen LogP contribution in [0.3, 0.4) is 0 Å². The molecule has 0 aromatic heterocycles. The lowest BCUT2D eigenvalue weighted by molar-refractivity contribution is -0.384. The van der Waals surface area contributed by atoms with Gasteiger partial charge in [-0.2, -0.15) is 0 Å². The van der Waals surface area contributed by atoms with E-state index in [0.29, 0.717) is 6.61 Å². The Bertz CT molecular complexity index is 724. The van der Waals surface area contributed by atoms with Gasteiger partial charge in [-0.15, -0.1) is 0 Å². The molecule has 6 nitrogen and oxygen atoms in total. The molecule has 3 rings (SSSR count). The molecular formula is C18H17NO5. The molecule has 1 heterocycles. The molecule has 0 radical (unpaired) electrons. The van der Waals surface area contributed by atoms with Crippen LogP contribution in [0.5, 0.6) is 5.75 Å². The van der Waals surface area contributed by atoms with Crippen molar-refractivity contribution in [1.82, 2.24) is 0 Å². The van der Waals surface area contributed by atoms with E-state index in [1.807, 2.05) is 30.3 Å². The van der Waals surface area contributed by atoms with E-state index in [2.05, 4.69) is 0 Å². The Morgan fingerprint density at radius 1 is 1.08 bits per heavy atom. The van der Waals surface area contributed by atoms with Crippen molar-refractivity contribution >= 4 is 5.69 Å². The van der Waals surface area contributed by atoms with Gasteiger partial charge in [0.15, 0.2) is 0 Å². The third-order valence-electron chi connectivity index (χ3n) is 3.86. The summed E-state index contributed by atoms with van der Waals surface area (Å²) in [7, 11) is 1.63. The average Bonchev–Trinajstić information content (AvgIpc) is 2.88. The van der Waals surface area contributed by atoms with E-state index < -0.39 is 11.2 Å². The average molecular weight is 327 g/mol. The van der Waals surface area contributed by atoms with Crippen molar-refractivity contribution in [3.05, 3.63) is 82.1 Å². The van der Waals surface area contributed by atoms with Gasteiger partial charge in [-0.1, -0.05) is 12.1 Å². The van der Waals surface area contributed by atoms with Crippen molar-refractivity contribution < 1.29 is 19.1 Å². The molecule has 2 aromatic carbocycles. The Balaban J connectivity index is 1.69. The van der Waals surface area contributed by atoms with Crippen LogP contribution in [0.2, 0.25) is 0 Å². The summed E-state index contributed by atoms with van der Waals surface area (Å²) in [5.41, 5.74) is 1.87. The number of hydrogen-bond acceptors (Lipinski definition) is 5. The topological polar surface area (TPSA) is 70.8 Å². The molecule has 0 saturated carbocycles. The third kappa shape index (κ3) is 3.55. The van der Waals surface area contributed by atoms with Crippen LogP contribution in [0.25, 0.3) is 0 Å². The molecule has 2 aromatic rings. The number of nitro benzene ring substituents is 1. The lowest BCUT2D eigenvalue weighted by Crippen LogP contribution is -2.09. The van der Waals surface area contributed by atoms with Gasteiger partial charge >= 0.3 is 0 Å². The Kier molecular flexibility index (Phi) is 4.77. The molecule has 0 fully saturated rings. The van der Waals surface area contributed by atoms with Gasteiger partial charge in [0.05, 0.1) is 24.9 Å². The Hall–Kier alpha value is -2.86. The standard InChI is InChI=1S/C18H17NO5/c1-22-17-8-4-13(5-9-17)15-10-11-23-18(24-12-15)14-2-6-16(7-3-14)19(20)21/h2-11,15,18H,12H2,1H3. The molecule has 1 aliphatic heterocycles. The Morgan fingerprint density at radius 2 is 1.75 bits per heavy atom. The molecule has 0 spiro atoms. The van der Waals surface area contributed by atoms with Crippen LogP contribution < -0.4 is 4.74 Å². The molecule has 2 unspecified atom stereocenters. The number of nitro groups is 1. The number of non-ortho nitro benzene ring substituents is 1. The van der Waals surface area contributed by atoms with Crippen LogP contribution in [-0.2, 0) is 9.47 Å². The maximum absolute atomic E-state index is 10.7. The van der Waals surface area contributed by atoms with Gasteiger partial charge in [-0.3, -0.25) is 10.1 Å². The summed E-state index contributed by atoms with van der Waals surface area (Å²) in [6, 6.07) is 14.0. The monoisotopic (exact) mass is 327 g/mol. The van der Waals surface area contributed by atoms with Crippen LogP contribution in [0.4, 0.5) is 5.69 Å². The van der Waals surface area contributed by atoms with E-state index in [1.54, 1.807) is 25.5 Å². The summed E-state index contributed by atoms with van der Waals surface area (Å²) >= 11 is 0. The molecule has 0 bridgehead atoms. The highest BCUT2D eigenvalue weighted by atomic mass is 16.7. The van der Waals surface area contributed by atoms with Crippen molar-refractivity contribution in [2.45, 2.75) is 12.2 Å². The number of ether oxygens (including phenoxy) is 3. The highest BCUT2D eigenvalue weighted by molar-refractivity contribution is 5.34. The zero-order chi connectivity index (χ0) is 16.9. The molecule has 0 aliphatic carbocycles. The summed E-state index contributed by atoms with van der Waals surface area (Å²) in [5, 5.41) is 10.7. The quantitative estimate of drug-likeness (QED) is 0.628. The smallest absolute Gasteiger partial charge is 0.269 e. The van der Waals surface area contributed by atoms with Crippen molar-refractivity contribution in [2.24, 2.45) is 0 Å². The molecule has 0 amide bonds. The first-order chi connectivity index (χ1) is 11.7. The van der Waals surface area contributed by atoms with E-state index in [-0.39, 0.29) is 11.6 Å². The number of methoxy groups -OCH3 is 1. The minimum atomic E-state index is -0.578. The first-order valence-corrected chi connectivity index (χ1v) is 7.49. The van der Waals surface area contributed by atoms with Crippen LogP contribution in [0, 0.1) is 10.1 Å². The van der Waals surface area contributed by atoms with Crippen LogP contribution in [0.15, 0.2) is 60.9 Å². The second-order valence-corrected chi connectivity index (χ2v) is 5.36. The van der Waals surface area contributed by atoms with E-state index in [0.717, 1.165) is 16.9 Å². The highest BCUT2D eigenvalue weighted by Crippen LogP contribution is 2.29. The van der Waals surface area contributed by atoms with Gasteiger partial charge in [-0.05, 0) is 35.9 Å². The van der Waals surface area contributed by atoms with Crippen LogP contribution in [0.1, 0.15) is 23.3 Å². The number of rotatable bonds is 4. The molecule has 1 aliphatic rings. The van der Waals surface area contributed by atoms with Crippen LogP contribution >= 0.6 is 0 Å². The third-order valence-corrected chi connectivity index (χ3v) is 3.86. The molecule has 124 valence electrons. The van der Waals surface area contributed by atoms with Gasteiger partial charge in [0, 0.05) is 23.6 Å². The predicted octanol–water partition coefficient (Wildman–Crippen LogP) is 3.95. The second kappa shape index (κ2) is 7.14. The number of hydrogen-bond donors (Lipinski definition) is 0. The molecule has 0 N–H and O–H groups in total. The molecular weight excluding hydrogens is 310 g/mol. The lowest BCUT2D eigenvalue weighted by Gasteiger charge is -2.17. The second-order valence-electron chi connectivity index (χ2n) is 5.36. The zero-order valence-corrected chi connectivity index (χ0v) is 13.1. The van der Waals surface area contributed by atoms with Crippen molar-refractivity contribution in [1.29, 1.82) is 0 Å². The maximum Gasteiger partial charge on any atom is 0.269 e. The molecule has 2 atom stereocenters. The number of benzene rings is 2. The summed E-state index contributed by atoms with van der Waals surface area (Å²) in [6.45, 7) is 0.449. The molecule has 24 heavy (non-hydrogen) atoms. The van der Waals surface area contributed by atoms with E-state index in [1.165, 1.54) is 12.1 Å². The summed E-state index contributed by atoms with van der Waals surface area (Å²) in [4.78, 5) is 10.3. The minimum absolute atomic E-state index is 0.0408. The van der Waals surface area contributed by atoms with Gasteiger partial charge in [0.1, 0.15) is 5.75 Å². The van der Waals surface area contributed by atoms with Crippen molar-refractivity contribution in [3.63, 3.8) is 0 Å². The predicted molar refractivity (Wildman–Crippen MR) is 87.7 cm³/mol. The fourth-order valence-corrected chi connectivity index (χ4v) is 2.48. The fraction of sp³-hybridized carbons (Fsp3) is 0.222. The normalized spacial score (nSPS) is 20.0. The first kappa shape index (κ1) is 16.0. The van der Waals surface area contributed by atoms with E-state index >= 15 is 0 Å². The zero-order valence-electron chi connectivity index (χ0n) is 13.1. The number of nitrogens with zero attached hydrogens (tertiary/aromatic N) is 1. The summed E-state index contributed by atoms with van der Waals surface area (Å²) in [5.74, 6) is 0.872. The Morgan fingerprint density at radius 3 is 2.38 bits per heavy atom. The molecule has 6 heteroatoms. The maximum atomic E-state index is 10.7. The fourth-order valence-electron chi connectivity index (χ4n) is 2.48. The Labute approximate surface area is 139 Å². The first-order valence-electron chi connectivity index (χ1n) is 7.49. The van der Waals surface area contributed by atoms with Crippen LogP contribution in [-0.4, -0.2) is 18.6 Å². The largest absolute Gasteiger partial charge is 0.497 e. The lowest BCUT2D eigenvalue weighted by atomic mass is 10.00. The van der Waals surface area contributed by atoms with Crippen molar-refractivity contribution in [3.8, 4) is 5.75 Å². The van der Waals surface area contributed by atoms with E-state index in [9.17, 15) is 10.1 Å². The molecule has 0 saturated heterocycles. The summed E-state index contributed by atoms with van der Waals surface area (Å²) in [6.07, 6.45) is 2.98.